The van der Waals surface area contributed by atoms with Crippen LogP contribution in [0.1, 0.15) is 11.5 Å². The molecule has 0 fully saturated rings. The van der Waals surface area contributed by atoms with E-state index >= 15 is 0 Å². The predicted octanol–water partition coefficient (Wildman–Crippen LogP) is 4.70. The van der Waals surface area contributed by atoms with Gasteiger partial charge in [-0.25, -0.2) is 21.6 Å². The summed E-state index contributed by atoms with van der Waals surface area (Å²) in [6.07, 6.45) is 1.90. The number of sulfonamides is 2. The van der Waals surface area contributed by atoms with Crippen molar-refractivity contribution in [3.63, 3.8) is 0 Å². The van der Waals surface area contributed by atoms with Crippen molar-refractivity contribution in [2.45, 2.75) is 23.1 Å². The van der Waals surface area contributed by atoms with Gasteiger partial charge in [-0.2, -0.15) is 0 Å². The predicted molar refractivity (Wildman–Crippen MR) is 128 cm³/mol. The van der Waals surface area contributed by atoms with Crippen molar-refractivity contribution < 1.29 is 21.3 Å². The molecule has 12 heteroatoms. The molecule has 3 N–H and O–H groups in total. The van der Waals surface area contributed by atoms with E-state index in [4.69, 9.17) is 27.6 Å². The highest BCUT2D eigenvalue weighted by atomic mass is 35.5. The molecule has 0 spiro atoms. The third-order valence-corrected chi connectivity index (χ3v) is 8.36. The molecule has 0 aliphatic rings. The van der Waals surface area contributed by atoms with E-state index in [-0.39, 0.29) is 22.0 Å². The van der Waals surface area contributed by atoms with Gasteiger partial charge in [-0.05, 0) is 55.5 Å². The molecule has 2 aromatic heterocycles. The topological polar surface area (TPSA) is 121 Å². The zero-order valence-corrected chi connectivity index (χ0v) is 20.4. The smallest absolute Gasteiger partial charge is 0.261 e. The highest BCUT2D eigenvalue weighted by Gasteiger charge is 2.20. The zero-order chi connectivity index (χ0) is 23.8. The highest BCUT2D eigenvalue weighted by molar-refractivity contribution is 7.92. The summed E-state index contributed by atoms with van der Waals surface area (Å²) in [5, 5.41) is 1.24. The van der Waals surface area contributed by atoms with Crippen LogP contribution in [0.4, 0.5) is 5.69 Å². The molecule has 0 unspecified atom stereocenters. The van der Waals surface area contributed by atoms with Gasteiger partial charge in [0.25, 0.3) is 10.0 Å². The number of aromatic nitrogens is 1. The minimum Gasteiger partial charge on any atom is -0.466 e. The second-order valence-electron chi connectivity index (χ2n) is 7.22. The molecular weight excluding hydrogens is 509 g/mol. The summed E-state index contributed by atoms with van der Waals surface area (Å²) in [5.41, 5.74) is 0.694. The van der Waals surface area contributed by atoms with Crippen molar-refractivity contribution in [2.75, 3.05) is 11.3 Å². The maximum Gasteiger partial charge on any atom is 0.261 e. The second-order valence-corrected chi connectivity index (χ2v) is 11.5. The van der Waals surface area contributed by atoms with Gasteiger partial charge in [-0.3, -0.25) is 4.72 Å². The molecule has 0 saturated heterocycles. The minimum absolute atomic E-state index is 0.0536. The van der Waals surface area contributed by atoms with Crippen LogP contribution in [-0.2, 0) is 26.5 Å². The van der Waals surface area contributed by atoms with Crippen LogP contribution in [0.2, 0.25) is 10.0 Å². The molecule has 0 bridgehead atoms. The summed E-state index contributed by atoms with van der Waals surface area (Å²) in [4.78, 5) is 2.74. The molecule has 33 heavy (non-hydrogen) atoms. The van der Waals surface area contributed by atoms with Crippen LogP contribution in [-0.4, -0.2) is 28.4 Å². The van der Waals surface area contributed by atoms with Crippen molar-refractivity contribution in [1.82, 2.24) is 9.71 Å². The quantitative estimate of drug-likeness (QED) is 0.306. The largest absolute Gasteiger partial charge is 0.466 e. The lowest BCUT2D eigenvalue weighted by Gasteiger charge is -2.11. The van der Waals surface area contributed by atoms with Gasteiger partial charge in [0.05, 0.1) is 31.0 Å². The molecule has 0 amide bonds. The number of aryl methyl sites for hydroxylation is 1. The average molecular weight is 528 g/mol. The van der Waals surface area contributed by atoms with Crippen LogP contribution in [0.3, 0.4) is 0 Å². The van der Waals surface area contributed by atoms with Gasteiger partial charge in [-0.1, -0.05) is 23.2 Å². The number of fused-ring (bicyclic) bond motifs is 1. The van der Waals surface area contributed by atoms with Crippen LogP contribution in [0.15, 0.2) is 68.9 Å². The number of nitrogens with one attached hydrogen (secondary N) is 3. The number of H-pyrrole nitrogens is 1. The van der Waals surface area contributed by atoms with E-state index < -0.39 is 20.0 Å². The summed E-state index contributed by atoms with van der Waals surface area (Å²) in [7, 11) is -7.82. The Kier molecular flexibility index (Phi) is 6.47. The number of aromatic amines is 1. The fraction of sp³-hybridized carbons (Fsp3) is 0.143. The van der Waals surface area contributed by atoms with Crippen LogP contribution in [0.25, 0.3) is 10.9 Å². The van der Waals surface area contributed by atoms with E-state index in [1.54, 1.807) is 19.1 Å². The van der Waals surface area contributed by atoms with E-state index in [0.717, 1.165) is 5.76 Å². The monoisotopic (exact) mass is 527 g/mol. The minimum atomic E-state index is -4.01. The van der Waals surface area contributed by atoms with E-state index in [9.17, 15) is 16.8 Å². The van der Waals surface area contributed by atoms with Crippen LogP contribution in [0, 0.1) is 6.92 Å². The first-order valence-electron chi connectivity index (χ1n) is 9.70. The van der Waals surface area contributed by atoms with Gasteiger partial charge in [0.15, 0.2) is 0 Å². The first kappa shape index (κ1) is 23.7. The molecule has 0 saturated carbocycles. The molecule has 0 aliphatic heterocycles. The summed E-state index contributed by atoms with van der Waals surface area (Å²) in [5.74, 6) is 1.42. The number of halogens is 2. The van der Waals surface area contributed by atoms with Crippen LogP contribution < -0.4 is 9.44 Å². The summed E-state index contributed by atoms with van der Waals surface area (Å²) in [6, 6.07) is 11.5. The first-order chi connectivity index (χ1) is 15.6. The van der Waals surface area contributed by atoms with Gasteiger partial charge >= 0.3 is 0 Å². The molecule has 0 radical (unpaired) electrons. The zero-order valence-electron chi connectivity index (χ0n) is 17.2. The molecule has 2 aromatic carbocycles. The SMILES string of the molecule is Cc1ccc(CCNS(=O)(=O)c2ccc(S(=O)(=O)Nc3ccc(Cl)c4c(Cl)c[nH]c34)cc2)o1. The lowest BCUT2D eigenvalue weighted by molar-refractivity contribution is 0.481. The summed E-state index contributed by atoms with van der Waals surface area (Å²) in [6.45, 7) is 1.95. The Labute approximate surface area is 201 Å². The van der Waals surface area contributed by atoms with Crippen molar-refractivity contribution in [3.8, 4) is 0 Å². The molecule has 4 aromatic rings. The third kappa shape index (κ3) is 5.04. The number of rotatable bonds is 8. The van der Waals surface area contributed by atoms with Crippen molar-refractivity contribution in [3.05, 3.63) is 76.3 Å². The fourth-order valence-corrected chi connectivity index (χ4v) is 5.93. The van der Waals surface area contributed by atoms with E-state index in [1.165, 1.54) is 42.6 Å². The lowest BCUT2D eigenvalue weighted by Crippen LogP contribution is -2.26. The number of benzene rings is 2. The Morgan fingerprint density at radius 3 is 2.18 bits per heavy atom. The maximum atomic E-state index is 12.9. The third-order valence-electron chi connectivity index (χ3n) is 4.88. The molecule has 0 aliphatic carbocycles. The normalized spacial score (nSPS) is 12.3. The van der Waals surface area contributed by atoms with E-state index in [0.29, 0.717) is 33.1 Å². The van der Waals surface area contributed by atoms with Gasteiger partial charge < -0.3 is 9.40 Å². The number of furan rings is 1. The van der Waals surface area contributed by atoms with E-state index in [1.807, 2.05) is 0 Å². The van der Waals surface area contributed by atoms with Gasteiger partial charge in [0, 0.05) is 24.5 Å². The molecule has 0 atom stereocenters. The highest BCUT2D eigenvalue weighted by Crippen LogP contribution is 2.35. The lowest BCUT2D eigenvalue weighted by atomic mass is 10.2. The van der Waals surface area contributed by atoms with Crippen LogP contribution in [0.5, 0.6) is 0 Å². The molecule has 8 nitrogen and oxygen atoms in total. The van der Waals surface area contributed by atoms with Crippen molar-refractivity contribution in [1.29, 1.82) is 0 Å². The Balaban J connectivity index is 1.49. The Morgan fingerprint density at radius 2 is 1.55 bits per heavy atom. The second kappa shape index (κ2) is 9.03. The molecule has 174 valence electrons. The summed E-state index contributed by atoms with van der Waals surface area (Å²) >= 11 is 12.3. The number of hydrogen-bond acceptors (Lipinski definition) is 5. The Hall–Kier alpha value is -2.50. The van der Waals surface area contributed by atoms with E-state index in [2.05, 4.69) is 14.4 Å². The van der Waals surface area contributed by atoms with Crippen molar-refractivity contribution >= 4 is 59.8 Å². The Morgan fingerprint density at radius 1 is 0.879 bits per heavy atom. The Bertz CT molecular complexity index is 1530. The standard InChI is InChI=1S/C21H19Cl2N3O5S2/c1-13-2-3-14(31-13)10-11-25-32(27,28)15-4-6-16(7-5-15)33(29,30)26-19-9-8-17(22)20-18(23)12-24-21(19)20/h2-9,12,24-26H,10-11H2,1H3. The maximum absolute atomic E-state index is 12.9. The fourth-order valence-electron chi connectivity index (χ4n) is 3.27. The van der Waals surface area contributed by atoms with Crippen molar-refractivity contribution in [2.24, 2.45) is 0 Å². The first-order valence-corrected chi connectivity index (χ1v) is 13.4. The van der Waals surface area contributed by atoms with Crippen LogP contribution >= 0.6 is 23.2 Å². The molecular formula is C21H19Cl2N3O5S2. The number of hydrogen-bond donors (Lipinski definition) is 3. The average Bonchev–Trinajstić information content (AvgIpc) is 3.36. The van der Waals surface area contributed by atoms with Gasteiger partial charge in [0.1, 0.15) is 11.5 Å². The summed E-state index contributed by atoms with van der Waals surface area (Å²) < 4.78 is 61.1. The van der Waals surface area contributed by atoms with Gasteiger partial charge in [-0.15, -0.1) is 0 Å². The van der Waals surface area contributed by atoms with Gasteiger partial charge in [0.2, 0.25) is 10.0 Å². The number of anilines is 1. The molecule has 4 rings (SSSR count). The molecule has 2 heterocycles.